The van der Waals surface area contributed by atoms with Gasteiger partial charge < -0.3 is 5.32 Å². The molecule has 3 aromatic rings. The Morgan fingerprint density at radius 3 is 2.76 bits per heavy atom. The SMILES string of the molecule is C[C@H](SCc1ccccc1)C(=O)NCc1ccnc(-n2cccn2)c1. The molecule has 0 unspecified atom stereocenters. The average molecular weight is 352 g/mol. The summed E-state index contributed by atoms with van der Waals surface area (Å²) in [5.41, 5.74) is 2.22. The second kappa shape index (κ2) is 8.48. The third kappa shape index (κ3) is 4.93. The second-order valence-electron chi connectivity index (χ2n) is 5.63. The molecular weight excluding hydrogens is 332 g/mol. The topological polar surface area (TPSA) is 59.8 Å². The van der Waals surface area contributed by atoms with E-state index in [9.17, 15) is 4.79 Å². The fourth-order valence-corrected chi connectivity index (χ4v) is 3.17. The minimum atomic E-state index is -0.104. The fraction of sp³-hybridized carbons (Fsp3) is 0.211. The number of hydrogen-bond donors (Lipinski definition) is 1. The molecular formula is C19H20N4OS. The van der Waals surface area contributed by atoms with Crippen molar-refractivity contribution in [3.63, 3.8) is 0 Å². The first kappa shape index (κ1) is 17.2. The van der Waals surface area contributed by atoms with Crippen LogP contribution in [-0.2, 0) is 17.1 Å². The number of carbonyl (C=O) groups excluding carboxylic acids is 1. The van der Waals surface area contributed by atoms with E-state index in [0.717, 1.165) is 17.1 Å². The van der Waals surface area contributed by atoms with Crippen LogP contribution in [0.3, 0.4) is 0 Å². The second-order valence-corrected chi connectivity index (χ2v) is 6.96. The molecule has 1 N–H and O–H groups in total. The number of benzene rings is 1. The lowest BCUT2D eigenvalue weighted by atomic mass is 10.2. The number of aromatic nitrogens is 3. The van der Waals surface area contributed by atoms with Crippen LogP contribution in [0.2, 0.25) is 0 Å². The van der Waals surface area contributed by atoms with Gasteiger partial charge in [-0.2, -0.15) is 5.10 Å². The Labute approximate surface area is 151 Å². The van der Waals surface area contributed by atoms with E-state index in [4.69, 9.17) is 0 Å². The van der Waals surface area contributed by atoms with Crippen molar-refractivity contribution < 1.29 is 4.79 Å². The summed E-state index contributed by atoms with van der Waals surface area (Å²) in [6.45, 7) is 2.41. The normalized spacial score (nSPS) is 11.9. The monoisotopic (exact) mass is 352 g/mol. The van der Waals surface area contributed by atoms with E-state index in [2.05, 4.69) is 27.5 Å². The maximum atomic E-state index is 12.3. The van der Waals surface area contributed by atoms with Crippen LogP contribution in [0.4, 0.5) is 0 Å². The summed E-state index contributed by atoms with van der Waals surface area (Å²) >= 11 is 1.64. The van der Waals surface area contributed by atoms with Gasteiger partial charge >= 0.3 is 0 Å². The lowest BCUT2D eigenvalue weighted by Gasteiger charge is -2.12. The third-order valence-corrected chi connectivity index (χ3v) is 4.94. The largest absolute Gasteiger partial charge is 0.351 e. The van der Waals surface area contributed by atoms with Gasteiger partial charge in [-0.3, -0.25) is 4.79 Å². The molecule has 2 heterocycles. The molecule has 0 bridgehead atoms. The van der Waals surface area contributed by atoms with Gasteiger partial charge in [0.05, 0.1) is 5.25 Å². The number of hydrogen-bond acceptors (Lipinski definition) is 4. The zero-order valence-corrected chi connectivity index (χ0v) is 14.8. The van der Waals surface area contributed by atoms with Crippen molar-refractivity contribution in [2.75, 3.05) is 0 Å². The van der Waals surface area contributed by atoms with Gasteiger partial charge in [0.1, 0.15) is 0 Å². The number of nitrogens with zero attached hydrogens (tertiary/aromatic N) is 3. The Balaban J connectivity index is 1.51. The number of carbonyl (C=O) groups is 1. The van der Waals surface area contributed by atoms with Crippen molar-refractivity contribution in [3.8, 4) is 5.82 Å². The molecule has 1 atom stereocenters. The number of rotatable bonds is 7. The van der Waals surface area contributed by atoms with E-state index in [1.165, 1.54) is 5.56 Å². The smallest absolute Gasteiger partial charge is 0.233 e. The van der Waals surface area contributed by atoms with Crippen LogP contribution in [-0.4, -0.2) is 25.9 Å². The lowest BCUT2D eigenvalue weighted by molar-refractivity contribution is -0.120. The molecule has 0 saturated heterocycles. The summed E-state index contributed by atoms with van der Waals surface area (Å²) in [5, 5.41) is 7.05. The van der Waals surface area contributed by atoms with Crippen molar-refractivity contribution in [3.05, 3.63) is 78.2 Å². The molecule has 0 fully saturated rings. The molecule has 0 aliphatic carbocycles. The zero-order chi connectivity index (χ0) is 17.5. The standard InChI is InChI=1S/C19H20N4OS/c1-15(25-14-16-6-3-2-4-7-16)19(24)21-13-17-8-10-20-18(12-17)23-11-5-9-22-23/h2-12,15H,13-14H2,1H3,(H,21,24)/t15-/m0/s1. The Bertz CT molecular complexity index is 805. The number of thioether (sulfide) groups is 1. The Morgan fingerprint density at radius 2 is 2.00 bits per heavy atom. The van der Waals surface area contributed by atoms with Crippen molar-refractivity contribution >= 4 is 17.7 Å². The van der Waals surface area contributed by atoms with Gasteiger partial charge in [0, 0.05) is 30.9 Å². The highest BCUT2D eigenvalue weighted by molar-refractivity contribution is 7.99. The highest BCUT2D eigenvalue weighted by Crippen LogP contribution is 2.17. The van der Waals surface area contributed by atoms with Crippen LogP contribution in [0.1, 0.15) is 18.1 Å². The average Bonchev–Trinajstić information content (AvgIpc) is 3.20. The molecule has 0 saturated carbocycles. The first-order valence-electron chi connectivity index (χ1n) is 8.10. The van der Waals surface area contributed by atoms with Crippen molar-refractivity contribution in [2.45, 2.75) is 24.5 Å². The van der Waals surface area contributed by atoms with E-state index in [0.29, 0.717) is 6.54 Å². The highest BCUT2D eigenvalue weighted by Gasteiger charge is 2.13. The molecule has 1 amide bonds. The minimum Gasteiger partial charge on any atom is -0.351 e. The van der Waals surface area contributed by atoms with Crippen LogP contribution >= 0.6 is 11.8 Å². The van der Waals surface area contributed by atoms with Crippen molar-refractivity contribution in [2.24, 2.45) is 0 Å². The first-order valence-corrected chi connectivity index (χ1v) is 9.15. The molecule has 1 aromatic carbocycles. The summed E-state index contributed by atoms with van der Waals surface area (Å²) in [5.74, 6) is 1.61. The summed E-state index contributed by atoms with van der Waals surface area (Å²) < 4.78 is 1.70. The minimum absolute atomic E-state index is 0.0402. The molecule has 0 aliphatic rings. The number of pyridine rings is 1. The summed E-state index contributed by atoms with van der Waals surface area (Å²) in [7, 11) is 0. The summed E-state index contributed by atoms with van der Waals surface area (Å²) in [6, 6.07) is 15.8. The van der Waals surface area contributed by atoms with Crippen molar-refractivity contribution in [1.82, 2.24) is 20.1 Å². The van der Waals surface area contributed by atoms with Crippen LogP contribution in [0.25, 0.3) is 5.82 Å². The fourth-order valence-electron chi connectivity index (χ4n) is 2.30. The maximum absolute atomic E-state index is 12.3. The molecule has 2 aromatic heterocycles. The van der Waals surface area contributed by atoms with E-state index < -0.39 is 0 Å². The Morgan fingerprint density at radius 1 is 1.16 bits per heavy atom. The number of nitrogens with one attached hydrogen (secondary N) is 1. The Hall–Kier alpha value is -2.60. The van der Waals surface area contributed by atoms with Gasteiger partial charge in [0.2, 0.25) is 5.91 Å². The summed E-state index contributed by atoms with van der Waals surface area (Å²) in [4.78, 5) is 16.6. The van der Waals surface area contributed by atoms with Gasteiger partial charge in [0.15, 0.2) is 5.82 Å². The van der Waals surface area contributed by atoms with Gasteiger partial charge in [-0.25, -0.2) is 9.67 Å². The molecule has 0 aliphatic heterocycles. The predicted molar refractivity (Wildman–Crippen MR) is 100 cm³/mol. The van der Waals surface area contributed by atoms with E-state index in [1.54, 1.807) is 28.8 Å². The third-order valence-electron chi connectivity index (χ3n) is 3.73. The first-order chi connectivity index (χ1) is 12.2. The summed E-state index contributed by atoms with van der Waals surface area (Å²) in [6.07, 6.45) is 5.28. The number of amides is 1. The zero-order valence-electron chi connectivity index (χ0n) is 14.0. The van der Waals surface area contributed by atoms with E-state index in [-0.39, 0.29) is 11.2 Å². The van der Waals surface area contributed by atoms with Gasteiger partial charge in [-0.1, -0.05) is 30.3 Å². The maximum Gasteiger partial charge on any atom is 0.233 e. The molecule has 25 heavy (non-hydrogen) atoms. The molecule has 0 spiro atoms. The Kier molecular flexibility index (Phi) is 5.85. The molecule has 0 radical (unpaired) electrons. The molecule has 3 rings (SSSR count). The van der Waals surface area contributed by atoms with Gasteiger partial charge in [0.25, 0.3) is 0 Å². The van der Waals surface area contributed by atoms with Crippen LogP contribution in [0.15, 0.2) is 67.1 Å². The van der Waals surface area contributed by atoms with Gasteiger partial charge in [-0.15, -0.1) is 11.8 Å². The molecule has 128 valence electrons. The van der Waals surface area contributed by atoms with Gasteiger partial charge in [-0.05, 0) is 36.2 Å². The molecule has 5 nitrogen and oxygen atoms in total. The highest BCUT2D eigenvalue weighted by atomic mass is 32.2. The molecule has 6 heteroatoms. The predicted octanol–water partition coefficient (Wildman–Crippen LogP) is 3.21. The van der Waals surface area contributed by atoms with Crippen molar-refractivity contribution in [1.29, 1.82) is 0 Å². The quantitative estimate of drug-likeness (QED) is 0.709. The van der Waals surface area contributed by atoms with E-state index >= 15 is 0 Å². The van der Waals surface area contributed by atoms with E-state index in [1.807, 2.05) is 49.5 Å². The van der Waals surface area contributed by atoms with Crippen LogP contribution < -0.4 is 5.32 Å². The van der Waals surface area contributed by atoms with Crippen LogP contribution in [0, 0.1) is 0 Å². The van der Waals surface area contributed by atoms with Crippen LogP contribution in [0.5, 0.6) is 0 Å². The lowest BCUT2D eigenvalue weighted by Crippen LogP contribution is -2.30.